The number of hydrogen-bond acceptors (Lipinski definition) is 4. The van der Waals surface area contributed by atoms with E-state index < -0.39 is 6.10 Å². The van der Waals surface area contributed by atoms with Crippen molar-refractivity contribution in [3.05, 3.63) is 34.9 Å². The fourth-order valence-corrected chi connectivity index (χ4v) is 2.84. The number of rotatable bonds is 5. The van der Waals surface area contributed by atoms with Gasteiger partial charge in [-0.15, -0.1) is 0 Å². The molecule has 0 spiro atoms. The van der Waals surface area contributed by atoms with Gasteiger partial charge in [0.1, 0.15) is 0 Å². The number of likely N-dealkylation sites (N-methyl/N-ethyl adjacent to an activating group) is 2. The molecule has 1 saturated heterocycles. The van der Waals surface area contributed by atoms with E-state index in [2.05, 4.69) is 16.8 Å². The molecule has 5 nitrogen and oxygen atoms in total. The smallest absolute Gasteiger partial charge is 0.255 e. The molecule has 1 unspecified atom stereocenters. The number of aliphatic hydroxyl groups excluding tert-OH is 1. The van der Waals surface area contributed by atoms with Crippen molar-refractivity contribution in [3.63, 3.8) is 0 Å². The summed E-state index contributed by atoms with van der Waals surface area (Å²) >= 11 is 6.05. The Kier molecular flexibility index (Phi) is 6.20. The Morgan fingerprint density at radius 3 is 2.59 bits per heavy atom. The number of aliphatic hydroxyl groups is 1. The standard InChI is InChI=1S/C16H24ClN3O2/c1-18-7-9-20(10-8-18)12-13(21)11-19(2)16(22)14-5-3-4-6-15(14)17/h3-6,13,21H,7-12H2,1-2H3. The lowest BCUT2D eigenvalue weighted by molar-refractivity contribution is 0.0502. The summed E-state index contributed by atoms with van der Waals surface area (Å²) in [6.45, 7) is 4.83. The number of nitrogens with zero attached hydrogens (tertiary/aromatic N) is 3. The predicted molar refractivity (Wildman–Crippen MR) is 88.4 cm³/mol. The highest BCUT2D eigenvalue weighted by Crippen LogP contribution is 2.16. The minimum Gasteiger partial charge on any atom is -0.390 e. The van der Waals surface area contributed by atoms with Gasteiger partial charge in [0.2, 0.25) is 0 Å². The van der Waals surface area contributed by atoms with Gasteiger partial charge in [0.15, 0.2) is 0 Å². The average molecular weight is 326 g/mol. The Balaban J connectivity index is 1.84. The van der Waals surface area contributed by atoms with Crippen LogP contribution in [0.2, 0.25) is 5.02 Å². The summed E-state index contributed by atoms with van der Waals surface area (Å²) < 4.78 is 0. The molecule has 0 radical (unpaired) electrons. The minimum absolute atomic E-state index is 0.164. The van der Waals surface area contributed by atoms with Gasteiger partial charge in [-0.2, -0.15) is 0 Å². The van der Waals surface area contributed by atoms with Gasteiger partial charge in [-0.05, 0) is 19.2 Å². The molecule has 122 valence electrons. The molecule has 1 aromatic rings. The largest absolute Gasteiger partial charge is 0.390 e. The first-order valence-corrected chi connectivity index (χ1v) is 7.94. The first-order chi connectivity index (χ1) is 10.5. The molecule has 1 aliphatic rings. The third-order valence-corrected chi connectivity index (χ3v) is 4.33. The van der Waals surface area contributed by atoms with Crippen molar-refractivity contribution in [3.8, 4) is 0 Å². The van der Waals surface area contributed by atoms with Crippen molar-refractivity contribution in [1.82, 2.24) is 14.7 Å². The number of piperazine rings is 1. The monoisotopic (exact) mass is 325 g/mol. The van der Waals surface area contributed by atoms with Crippen molar-refractivity contribution in [1.29, 1.82) is 0 Å². The van der Waals surface area contributed by atoms with Crippen molar-refractivity contribution < 1.29 is 9.90 Å². The average Bonchev–Trinajstić information content (AvgIpc) is 2.49. The summed E-state index contributed by atoms with van der Waals surface area (Å²) in [6.07, 6.45) is -0.556. The molecule has 0 aliphatic carbocycles. The second-order valence-electron chi connectivity index (χ2n) is 5.92. The van der Waals surface area contributed by atoms with E-state index in [0.29, 0.717) is 23.7 Å². The van der Waals surface area contributed by atoms with Gasteiger partial charge in [0.25, 0.3) is 5.91 Å². The van der Waals surface area contributed by atoms with Gasteiger partial charge in [-0.25, -0.2) is 0 Å². The van der Waals surface area contributed by atoms with Crippen molar-refractivity contribution in [2.45, 2.75) is 6.10 Å². The van der Waals surface area contributed by atoms with Gasteiger partial charge >= 0.3 is 0 Å². The van der Waals surface area contributed by atoms with Crippen LogP contribution in [-0.2, 0) is 0 Å². The second-order valence-corrected chi connectivity index (χ2v) is 6.33. The van der Waals surface area contributed by atoms with E-state index in [4.69, 9.17) is 11.6 Å². The highest BCUT2D eigenvalue weighted by Gasteiger charge is 2.21. The zero-order valence-corrected chi connectivity index (χ0v) is 14.0. The lowest BCUT2D eigenvalue weighted by atomic mass is 10.2. The first kappa shape index (κ1) is 17.2. The van der Waals surface area contributed by atoms with Crippen LogP contribution in [-0.4, -0.2) is 85.2 Å². The maximum absolute atomic E-state index is 12.3. The van der Waals surface area contributed by atoms with E-state index in [0.717, 1.165) is 26.2 Å². The predicted octanol–water partition coefficient (Wildman–Crippen LogP) is 1.02. The quantitative estimate of drug-likeness (QED) is 0.878. The summed E-state index contributed by atoms with van der Waals surface area (Å²) in [5.74, 6) is -0.164. The van der Waals surface area contributed by atoms with E-state index in [-0.39, 0.29) is 5.91 Å². The fourth-order valence-electron chi connectivity index (χ4n) is 2.63. The van der Waals surface area contributed by atoms with Crippen LogP contribution in [0.25, 0.3) is 0 Å². The van der Waals surface area contributed by atoms with E-state index in [9.17, 15) is 9.90 Å². The third kappa shape index (κ3) is 4.68. The maximum Gasteiger partial charge on any atom is 0.255 e. The SMILES string of the molecule is CN1CCN(CC(O)CN(C)C(=O)c2ccccc2Cl)CC1. The van der Waals surface area contributed by atoms with Gasteiger partial charge in [0, 0.05) is 46.3 Å². The number of hydrogen-bond donors (Lipinski definition) is 1. The third-order valence-electron chi connectivity index (χ3n) is 4.00. The summed E-state index contributed by atoms with van der Waals surface area (Å²) in [5.41, 5.74) is 0.471. The lowest BCUT2D eigenvalue weighted by Gasteiger charge is -2.34. The molecular weight excluding hydrogens is 302 g/mol. The Morgan fingerprint density at radius 2 is 1.95 bits per heavy atom. The highest BCUT2D eigenvalue weighted by molar-refractivity contribution is 6.33. The molecule has 1 atom stereocenters. The Bertz CT molecular complexity index is 504. The molecule has 1 heterocycles. The number of carbonyl (C=O) groups excluding carboxylic acids is 1. The Labute approximate surface area is 137 Å². The zero-order valence-electron chi connectivity index (χ0n) is 13.2. The van der Waals surface area contributed by atoms with Crippen LogP contribution in [0.3, 0.4) is 0 Å². The molecule has 1 amide bonds. The summed E-state index contributed by atoms with van der Waals surface area (Å²) in [7, 11) is 3.79. The fraction of sp³-hybridized carbons (Fsp3) is 0.562. The van der Waals surface area contributed by atoms with Crippen LogP contribution in [0.1, 0.15) is 10.4 Å². The topological polar surface area (TPSA) is 47.0 Å². The Hall–Kier alpha value is -1.14. The summed E-state index contributed by atoms with van der Waals surface area (Å²) in [6, 6.07) is 6.98. The second kappa shape index (κ2) is 7.92. The highest BCUT2D eigenvalue weighted by atomic mass is 35.5. The van der Waals surface area contributed by atoms with Crippen LogP contribution in [0.4, 0.5) is 0 Å². The van der Waals surface area contributed by atoms with Crippen molar-refractivity contribution in [2.24, 2.45) is 0 Å². The van der Waals surface area contributed by atoms with Crippen LogP contribution in [0.5, 0.6) is 0 Å². The Morgan fingerprint density at radius 1 is 1.32 bits per heavy atom. The molecule has 2 rings (SSSR count). The van der Waals surface area contributed by atoms with E-state index in [1.165, 1.54) is 4.90 Å². The molecule has 1 N–H and O–H groups in total. The number of benzene rings is 1. The first-order valence-electron chi connectivity index (χ1n) is 7.56. The molecule has 1 aromatic carbocycles. The van der Waals surface area contributed by atoms with Crippen LogP contribution in [0.15, 0.2) is 24.3 Å². The van der Waals surface area contributed by atoms with Crippen LogP contribution >= 0.6 is 11.6 Å². The van der Waals surface area contributed by atoms with Gasteiger partial charge in [-0.3, -0.25) is 9.69 Å². The van der Waals surface area contributed by atoms with E-state index >= 15 is 0 Å². The summed E-state index contributed by atoms with van der Waals surface area (Å²) in [5, 5.41) is 10.7. The lowest BCUT2D eigenvalue weighted by Crippen LogP contribution is -2.49. The minimum atomic E-state index is -0.556. The van der Waals surface area contributed by atoms with Crippen LogP contribution < -0.4 is 0 Å². The molecule has 0 aromatic heterocycles. The normalized spacial score (nSPS) is 18.2. The zero-order chi connectivity index (χ0) is 16.1. The number of halogens is 1. The number of β-amino-alcohol motifs (C(OH)–C–C–N with tert-alkyl or cyclic N) is 1. The van der Waals surface area contributed by atoms with E-state index in [1.54, 1.807) is 31.3 Å². The summed E-state index contributed by atoms with van der Waals surface area (Å²) in [4.78, 5) is 18.4. The maximum atomic E-state index is 12.3. The molecular formula is C16H24ClN3O2. The number of amides is 1. The number of carbonyl (C=O) groups is 1. The van der Waals surface area contributed by atoms with Gasteiger partial charge in [0.05, 0.1) is 16.7 Å². The van der Waals surface area contributed by atoms with Crippen LogP contribution in [0, 0.1) is 0 Å². The molecule has 6 heteroatoms. The van der Waals surface area contributed by atoms with Crippen molar-refractivity contribution in [2.75, 3.05) is 53.4 Å². The molecule has 1 fully saturated rings. The van der Waals surface area contributed by atoms with Crippen molar-refractivity contribution >= 4 is 17.5 Å². The molecule has 1 aliphatic heterocycles. The molecule has 22 heavy (non-hydrogen) atoms. The van der Waals surface area contributed by atoms with E-state index in [1.807, 2.05) is 0 Å². The molecule has 0 saturated carbocycles. The molecule has 0 bridgehead atoms. The van der Waals surface area contributed by atoms with Gasteiger partial charge < -0.3 is 14.9 Å². The van der Waals surface area contributed by atoms with Gasteiger partial charge in [-0.1, -0.05) is 23.7 Å².